The molecule has 2 aliphatic rings. The van der Waals surface area contributed by atoms with Gasteiger partial charge in [-0.25, -0.2) is 0 Å². The number of hydrogen-bond acceptors (Lipinski definition) is 6. The van der Waals surface area contributed by atoms with Crippen molar-refractivity contribution in [3.8, 4) is 11.5 Å². The van der Waals surface area contributed by atoms with Gasteiger partial charge in [-0.3, -0.25) is 19.4 Å². The fourth-order valence-electron chi connectivity index (χ4n) is 3.92. The van der Waals surface area contributed by atoms with Crippen LogP contribution in [0.2, 0.25) is 0 Å². The number of nitrogens with one attached hydrogen (secondary N) is 2. The van der Waals surface area contributed by atoms with E-state index in [0.29, 0.717) is 25.4 Å². The van der Waals surface area contributed by atoms with Gasteiger partial charge in [-0.05, 0) is 30.2 Å². The van der Waals surface area contributed by atoms with Crippen molar-refractivity contribution in [1.82, 2.24) is 20.4 Å². The molecule has 170 valence electrons. The van der Waals surface area contributed by atoms with Gasteiger partial charge in [0.05, 0.1) is 12.6 Å². The Hall–Kier alpha value is -3.10. The third-order valence-corrected chi connectivity index (χ3v) is 5.94. The third-order valence-electron chi connectivity index (χ3n) is 5.94. The molecule has 8 nitrogen and oxygen atoms in total. The highest BCUT2D eigenvalue weighted by molar-refractivity contribution is 5.81. The summed E-state index contributed by atoms with van der Waals surface area (Å²) >= 11 is 0. The zero-order chi connectivity index (χ0) is 22.3. The molecule has 0 bridgehead atoms. The van der Waals surface area contributed by atoms with Crippen molar-refractivity contribution < 1.29 is 19.1 Å². The first-order chi connectivity index (χ1) is 15.6. The van der Waals surface area contributed by atoms with E-state index in [0.717, 1.165) is 43.1 Å². The van der Waals surface area contributed by atoms with Gasteiger partial charge in [0.1, 0.15) is 0 Å². The molecule has 0 aliphatic carbocycles. The first-order valence-corrected chi connectivity index (χ1v) is 11.0. The molecule has 1 fully saturated rings. The van der Waals surface area contributed by atoms with E-state index in [1.807, 2.05) is 55.5 Å². The maximum absolute atomic E-state index is 12.6. The summed E-state index contributed by atoms with van der Waals surface area (Å²) in [6, 6.07) is 15.4. The molecule has 2 aliphatic heterocycles. The van der Waals surface area contributed by atoms with E-state index in [9.17, 15) is 9.59 Å². The molecule has 4 rings (SSSR count). The van der Waals surface area contributed by atoms with Crippen LogP contribution in [0.25, 0.3) is 0 Å². The SMILES string of the molecule is CC(C(=O)NCc1ccc2c(c1)OCO2)N1CCN(CC(=O)NCc2ccccc2)CC1. The highest BCUT2D eigenvalue weighted by Gasteiger charge is 2.26. The summed E-state index contributed by atoms with van der Waals surface area (Å²) in [5, 5.41) is 5.98. The zero-order valence-corrected chi connectivity index (χ0v) is 18.4. The van der Waals surface area contributed by atoms with Crippen molar-refractivity contribution in [2.24, 2.45) is 0 Å². The molecule has 1 saturated heterocycles. The number of benzene rings is 2. The lowest BCUT2D eigenvalue weighted by Gasteiger charge is -2.37. The van der Waals surface area contributed by atoms with Gasteiger partial charge < -0.3 is 20.1 Å². The number of rotatable bonds is 8. The molecule has 2 heterocycles. The quantitative estimate of drug-likeness (QED) is 0.648. The van der Waals surface area contributed by atoms with E-state index in [-0.39, 0.29) is 24.6 Å². The number of nitrogens with zero attached hydrogens (tertiary/aromatic N) is 2. The van der Waals surface area contributed by atoms with Crippen molar-refractivity contribution >= 4 is 11.8 Å². The molecule has 0 radical (unpaired) electrons. The zero-order valence-electron chi connectivity index (χ0n) is 18.4. The van der Waals surface area contributed by atoms with Crippen molar-refractivity contribution in [3.05, 3.63) is 59.7 Å². The monoisotopic (exact) mass is 438 g/mol. The number of ether oxygens (including phenoxy) is 2. The molecule has 0 saturated carbocycles. The molecule has 8 heteroatoms. The largest absolute Gasteiger partial charge is 0.454 e. The molecule has 2 amide bonds. The predicted molar refractivity (Wildman–Crippen MR) is 120 cm³/mol. The third kappa shape index (κ3) is 5.77. The molecule has 1 atom stereocenters. The Balaban J connectivity index is 1.16. The van der Waals surface area contributed by atoms with E-state index >= 15 is 0 Å². The number of amides is 2. The Labute approximate surface area is 188 Å². The van der Waals surface area contributed by atoms with E-state index in [1.165, 1.54) is 0 Å². The minimum Gasteiger partial charge on any atom is -0.454 e. The second-order valence-electron chi connectivity index (χ2n) is 8.16. The average Bonchev–Trinajstić information content (AvgIpc) is 3.30. The topological polar surface area (TPSA) is 83.1 Å². The smallest absolute Gasteiger partial charge is 0.237 e. The molecule has 1 unspecified atom stereocenters. The van der Waals surface area contributed by atoms with Crippen LogP contribution < -0.4 is 20.1 Å². The number of fused-ring (bicyclic) bond motifs is 1. The maximum Gasteiger partial charge on any atom is 0.237 e. The van der Waals surface area contributed by atoms with Crippen LogP contribution in [0.3, 0.4) is 0 Å². The normalized spacial score (nSPS) is 17.0. The van der Waals surface area contributed by atoms with E-state index < -0.39 is 0 Å². The van der Waals surface area contributed by atoms with Crippen molar-refractivity contribution in [1.29, 1.82) is 0 Å². The standard InChI is InChI=1S/C24H30N4O4/c1-18(24(30)26-15-20-7-8-21-22(13-20)32-17-31-21)28-11-9-27(10-12-28)16-23(29)25-14-19-5-3-2-4-6-19/h2-8,13,18H,9-12,14-17H2,1H3,(H,25,29)(H,26,30). The van der Waals surface area contributed by atoms with Crippen molar-refractivity contribution in [3.63, 3.8) is 0 Å². The molecule has 2 N–H and O–H groups in total. The minimum absolute atomic E-state index is 0.00304. The van der Waals surface area contributed by atoms with Gasteiger partial charge in [0.25, 0.3) is 0 Å². The van der Waals surface area contributed by atoms with Gasteiger partial charge in [-0.2, -0.15) is 0 Å². The summed E-state index contributed by atoms with van der Waals surface area (Å²) in [7, 11) is 0. The van der Waals surface area contributed by atoms with E-state index in [1.54, 1.807) is 0 Å². The number of carbonyl (C=O) groups excluding carboxylic acids is 2. The van der Waals surface area contributed by atoms with Gasteiger partial charge in [0.15, 0.2) is 11.5 Å². The second-order valence-corrected chi connectivity index (χ2v) is 8.16. The summed E-state index contributed by atoms with van der Waals surface area (Å²) in [5.41, 5.74) is 2.06. The fourth-order valence-corrected chi connectivity index (χ4v) is 3.92. The van der Waals surface area contributed by atoms with Crippen LogP contribution in [0.5, 0.6) is 11.5 Å². The van der Waals surface area contributed by atoms with Gasteiger partial charge >= 0.3 is 0 Å². The molecular weight excluding hydrogens is 408 g/mol. The lowest BCUT2D eigenvalue weighted by atomic mass is 10.1. The van der Waals surface area contributed by atoms with Crippen LogP contribution in [0.4, 0.5) is 0 Å². The van der Waals surface area contributed by atoms with Crippen LogP contribution in [0.15, 0.2) is 48.5 Å². The summed E-state index contributed by atoms with van der Waals surface area (Å²) in [5.74, 6) is 1.47. The van der Waals surface area contributed by atoms with E-state index in [4.69, 9.17) is 9.47 Å². The highest BCUT2D eigenvalue weighted by Crippen LogP contribution is 2.32. The summed E-state index contributed by atoms with van der Waals surface area (Å²) in [4.78, 5) is 29.2. The molecule has 0 aromatic heterocycles. The Morgan fingerprint density at radius 3 is 2.41 bits per heavy atom. The Bertz CT molecular complexity index is 929. The first kappa shape index (κ1) is 22.1. The lowest BCUT2D eigenvalue weighted by Crippen LogP contribution is -2.55. The van der Waals surface area contributed by atoms with Crippen LogP contribution in [-0.2, 0) is 22.7 Å². The van der Waals surface area contributed by atoms with Crippen LogP contribution in [-0.4, -0.2) is 67.2 Å². The molecule has 32 heavy (non-hydrogen) atoms. The van der Waals surface area contributed by atoms with Crippen LogP contribution in [0.1, 0.15) is 18.1 Å². The molecule has 0 spiro atoms. The minimum atomic E-state index is -0.224. The second kappa shape index (κ2) is 10.5. The van der Waals surface area contributed by atoms with Gasteiger partial charge in [0.2, 0.25) is 18.6 Å². The Kier molecular flexibility index (Phi) is 7.24. The fraction of sp³-hybridized carbons (Fsp3) is 0.417. The number of hydrogen-bond donors (Lipinski definition) is 2. The maximum atomic E-state index is 12.6. The highest BCUT2D eigenvalue weighted by atomic mass is 16.7. The predicted octanol–water partition coefficient (Wildman–Crippen LogP) is 1.35. The van der Waals surface area contributed by atoms with E-state index in [2.05, 4.69) is 20.4 Å². The Morgan fingerprint density at radius 1 is 0.906 bits per heavy atom. The van der Waals surface area contributed by atoms with Crippen LogP contribution in [0, 0.1) is 0 Å². The lowest BCUT2D eigenvalue weighted by molar-refractivity contribution is -0.128. The van der Waals surface area contributed by atoms with Gasteiger partial charge in [-0.15, -0.1) is 0 Å². The van der Waals surface area contributed by atoms with Gasteiger partial charge in [-0.1, -0.05) is 36.4 Å². The molecular formula is C24H30N4O4. The average molecular weight is 439 g/mol. The van der Waals surface area contributed by atoms with Crippen molar-refractivity contribution in [2.75, 3.05) is 39.5 Å². The van der Waals surface area contributed by atoms with Crippen molar-refractivity contribution in [2.45, 2.75) is 26.1 Å². The summed E-state index contributed by atoms with van der Waals surface area (Å²) in [6.45, 7) is 6.57. The molecule has 2 aromatic rings. The molecule has 2 aromatic carbocycles. The first-order valence-electron chi connectivity index (χ1n) is 11.0. The Morgan fingerprint density at radius 2 is 1.62 bits per heavy atom. The summed E-state index contributed by atoms with van der Waals surface area (Å²) in [6.07, 6.45) is 0. The summed E-state index contributed by atoms with van der Waals surface area (Å²) < 4.78 is 10.7. The number of carbonyl (C=O) groups is 2. The van der Waals surface area contributed by atoms with Gasteiger partial charge in [0, 0.05) is 39.3 Å². The number of piperazine rings is 1. The van der Waals surface area contributed by atoms with Crippen LogP contribution >= 0.6 is 0 Å².